The zero-order valence-corrected chi connectivity index (χ0v) is 6.32. The summed E-state index contributed by atoms with van der Waals surface area (Å²) in [4.78, 5) is 0. The third-order valence-electron chi connectivity index (χ3n) is 1.31. The van der Waals surface area contributed by atoms with Gasteiger partial charge in [-0.05, 0) is 26.3 Å². The predicted octanol–water partition coefficient (Wildman–Crippen LogP) is 1.34. The molecule has 0 spiro atoms. The van der Waals surface area contributed by atoms with Gasteiger partial charge in [0.25, 0.3) is 0 Å². The lowest BCUT2D eigenvalue weighted by Crippen LogP contribution is -2.16. The number of hydrogen-bond acceptors (Lipinski definition) is 1. The van der Waals surface area contributed by atoms with Gasteiger partial charge in [0.15, 0.2) is 0 Å². The van der Waals surface area contributed by atoms with Crippen LogP contribution in [-0.4, -0.2) is 12.6 Å². The molecule has 1 nitrogen and oxygen atoms in total. The largest absolute Gasteiger partial charge is 0.314 e. The van der Waals surface area contributed by atoms with Gasteiger partial charge < -0.3 is 5.32 Å². The number of hydrogen-bond donors (Lipinski definition) is 1. The summed E-state index contributed by atoms with van der Waals surface area (Å²) < 4.78 is 0. The minimum atomic E-state index is 0. The molecule has 1 saturated heterocycles. The first-order valence-electron chi connectivity index (χ1n) is 2.63. The van der Waals surface area contributed by atoms with E-state index in [0.29, 0.717) is 0 Å². The number of rotatable bonds is 0. The summed E-state index contributed by atoms with van der Waals surface area (Å²) in [5.74, 6) is 0. The Bertz CT molecular complexity index is 41.3. The molecule has 0 aliphatic carbocycles. The first-order chi connectivity index (χ1) is 2.89. The van der Waals surface area contributed by atoms with Gasteiger partial charge >= 0.3 is 0 Å². The number of nitrogens with one attached hydrogen (secondary N) is 1. The van der Waals surface area contributed by atoms with Crippen molar-refractivity contribution >= 4 is 17.0 Å². The predicted molar refractivity (Wildman–Crippen MR) is 37.0 cm³/mol. The molecule has 1 atom stereocenters. The molecule has 0 aromatic rings. The summed E-state index contributed by atoms with van der Waals surface area (Å²) >= 11 is 0. The van der Waals surface area contributed by atoms with Gasteiger partial charge in [0.2, 0.25) is 0 Å². The number of halogens is 1. The third-order valence-corrected chi connectivity index (χ3v) is 1.31. The van der Waals surface area contributed by atoms with E-state index in [-0.39, 0.29) is 17.0 Å². The highest BCUT2D eigenvalue weighted by molar-refractivity contribution is 8.93. The van der Waals surface area contributed by atoms with Gasteiger partial charge in [-0.25, -0.2) is 0 Å². The van der Waals surface area contributed by atoms with Crippen LogP contribution in [0.3, 0.4) is 0 Å². The molecule has 2 heteroatoms. The maximum absolute atomic E-state index is 3.32. The second-order valence-electron chi connectivity index (χ2n) is 2.00. The fraction of sp³-hybridized carbons (Fsp3) is 1.00. The van der Waals surface area contributed by atoms with E-state index < -0.39 is 0 Å². The molecule has 0 aromatic carbocycles. The van der Waals surface area contributed by atoms with Crippen molar-refractivity contribution in [2.75, 3.05) is 6.54 Å². The van der Waals surface area contributed by atoms with E-state index in [9.17, 15) is 0 Å². The van der Waals surface area contributed by atoms with Crippen LogP contribution in [0.4, 0.5) is 0 Å². The lowest BCUT2D eigenvalue weighted by molar-refractivity contribution is 0.664. The van der Waals surface area contributed by atoms with Crippen LogP contribution in [0.25, 0.3) is 0 Å². The quantitative estimate of drug-likeness (QED) is 0.572. The van der Waals surface area contributed by atoms with Crippen molar-refractivity contribution in [1.82, 2.24) is 5.32 Å². The smallest absolute Gasteiger partial charge is 0.00391 e. The van der Waals surface area contributed by atoms with Gasteiger partial charge in [0.05, 0.1) is 0 Å². The maximum atomic E-state index is 3.32. The Morgan fingerprint density at radius 2 is 2.29 bits per heavy atom. The summed E-state index contributed by atoms with van der Waals surface area (Å²) in [5, 5.41) is 3.32. The van der Waals surface area contributed by atoms with E-state index in [1.54, 1.807) is 0 Å². The van der Waals surface area contributed by atoms with Crippen LogP contribution in [0.5, 0.6) is 0 Å². The second kappa shape index (κ2) is 3.44. The Hall–Kier alpha value is 0.440. The van der Waals surface area contributed by atoms with E-state index in [2.05, 4.69) is 12.2 Å². The van der Waals surface area contributed by atoms with Gasteiger partial charge in [-0.1, -0.05) is 0 Å². The van der Waals surface area contributed by atoms with Crippen LogP contribution in [0.15, 0.2) is 0 Å². The molecule has 0 bridgehead atoms. The summed E-state index contributed by atoms with van der Waals surface area (Å²) in [6.45, 7) is 3.47. The molecule has 0 radical (unpaired) electrons. The molecule has 1 N–H and O–H groups in total. The van der Waals surface area contributed by atoms with Crippen molar-refractivity contribution in [3.8, 4) is 0 Å². The van der Waals surface area contributed by atoms with Crippen molar-refractivity contribution in [1.29, 1.82) is 0 Å². The molecule has 1 heterocycles. The highest BCUT2D eigenvalue weighted by atomic mass is 79.9. The van der Waals surface area contributed by atoms with E-state index in [1.165, 1.54) is 19.4 Å². The molecule has 0 aromatic heterocycles. The molecule has 44 valence electrons. The second-order valence-corrected chi connectivity index (χ2v) is 2.00. The molecule has 1 rings (SSSR count). The molecule has 1 unspecified atom stereocenters. The van der Waals surface area contributed by atoms with Crippen LogP contribution in [0.2, 0.25) is 0 Å². The molecule has 0 amide bonds. The van der Waals surface area contributed by atoms with Crippen molar-refractivity contribution in [3.05, 3.63) is 0 Å². The highest BCUT2D eigenvalue weighted by Crippen LogP contribution is 2.01. The molecule has 7 heavy (non-hydrogen) atoms. The first kappa shape index (κ1) is 7.44. The fourth-order valence-electron chi connectivity index (χ4n) is 0.859. The summed E-state index contributed by atoms with van der Waals surface area (Å²) in [6.07, 6.45) is 2.75. The zero-order valence-electron chi connectivity index (χ0n) is 4.61. The zero-order chi connectivity index (χ0) is 4.41. The van der Waals surface area contributed by atoms with Gasteiger partial charge in [0, 0.05) is 6.04 Å². The Labute approximate surface area is 55.3 Å². The Balaban J connectivity index is 0.000000360. The van der Waals surface area contributed by atoms with Crippen molar-refractivity contribution in [2.24, 2.45) is 0 Å². The van der Waals surface area contributed by atoms with E-state index in [1.807, 2.05) is 0 Å². The van der Waals surface area contributed by atoms with Gasteiger partial charge in [-0.2, -0.15) is 0 Å². The lowest BCUT2D eigenvalue weighted by Gasteiger charge is -1.95. The summed E-state index contributed by atoms with van der Waals surface area (Å²) in [5.41, 5.74) is 0. The average molecular weight is 166 g/mol. The van der Waals surface area contributed by atoms with Gasteiger partial charge in [-0.15, -0.1) is 17.0 Å². The monoisotopic (exact) mass is 165 g/mol. The minimum absolute atomic E-state index is 0. The van der Waals surface area contributed by atoms with Crippen molar-refractivity contribution in [3.63, 3.8) is 0 Å². The average Bonchev–Trinajstić information content (AvgIpc) is 1.86. The SMILES string of the molecule is Br.CC1CCCN1. The van der Waals surface area contributed by atoms with Gasteiger partial charge in [-0.3, -0.25) is 0 Å². The van der Waals surface area contributed by atoms with E-state index in [0.717, 1.165) is 6.04 Å². The van der Waals surface area contributed by atoms with Crippen LogP contribution < -0.4 is 5.32 Å². The molecule has 1 aliphatic rings. The molecule has 1 aliphatic heterocycles. The Morgan fingerprint density at radius 1 is 1.57 bits per heavy atom. The van der Waals surface area contributed by atoms with Gasteiger partial charge in [0.1, 0.15) is 0 Å². The summed E-state index contributed by atoms with van der Waals surface area (Å²) in [6, 6.07) is 0.796. The molecule has 0 saturated carbocycles. The topological polar surface area (TPSA) is 12.0 Å². The first-order valence-corrected chi connectivity index (χ1v) is 2.63. The van der Waals surface area contributed by atoms with Crippen LogP contribution in [0, 0.1) is 0 Å². The van der Waals surface area contributed by atoms with E-state index in [4.69, 9.17) is 0 Å². The normalized spacial score (nSPS) is 29.6. The highest BCUT2D eigenvalue weighted by Gasteiger charge is 2.05. The minimum Gasteiger partial charge on any atom is -0.314 e. The van der Waals surface area contributed by atoms with Crippen molar-refractivity contribution in [2.45, 2.75) is 25.8 Å². The Kier molecular flexibility index (Phi) is 3.66. The summed E-state index contributed by atoms with van der Waals surface area (Å²) in [7, 11) is 0. The standard InChI is InChI=1S/C5H11N.BrH/c1-5-3-2-4-6-5;/h5-6H,2-4H2,1H3;1H. The van der Waals surface area contributed by atoms with Crippen molar-refractivity contribution < 1.29 is 0 Å². The van der Waals surface area contributed by atoms with Crippen LogP contribution in [0.1, 0.15) is 19.8 Å². The molecule has 1 fully saturated rings. The van der Waals surface area contributed by atoms with Crippen LogP contribution in [-0.2, 0) is 0 Å². The third kappa shape index (κ3) is 2.29. The molecular formula is C5H12BrN. The fourth-order valence-corrected chi connectivity index (χ4v) is 0.859. The van der Waals surface area contributed by atoms with E-state index >= 15 is 0 Å². The Morgan fingerprint density at radius 3 is 2.43 bits per heavy atom. The lowest BCUT2D eigenvalue weighted by atomic mass is 10.3. The molecular weight excluding hydrogens is 154 g/mol. The van der Waals surface area contributed by atoms with Crippen LogP contribution >= 0.6 is 17.0 Å². The maximum Gasteiger partial charge on any atom is 0.00391 e.